The fraction of sp³-hybridized carbons (Fsp3) is 0.560. The van der Waals surface area contributed by atoms with Gasteiger partial charge < -0.3 is 20.6 Å². The Morgan fingerprint density at radius 1 is 0.939 bits per heavy atom. The van der Waals surface area contributed by atoms with E-state index in [2.05, 4.69) is 10.6 Å². The number of hydrogen-bond acceptors (Lipinski definition) is 6. The van der Waals surface area contributed by atoms with E-state index in [-0.39, 0.29) is 58.2 Å². The van der Waals surface area contributed by atoms with Crippen LogP contribution in [0.4, 0.5) is 5.69 Å². The third-order valence-electron chi connectivity index (χ3n) is 6.94. The summed E-state index contributed by atoms with van der Waals surface area (Å²) in [5.41, 5.74) is 0.794. The Morgan fingerprint density at radius 2 is 1.55 bits per heavy atom. The van der Waals surface area contributed by atoms with Crippen molar-refractivity contribution in [3.05, 3.63) is 35.2 Å². The molecule has 4 rings (SSSR count). The summed E-state index contributed by atoms with van der Waals surface area (Å²) in [6, 6.07) is 4.83. The standard InChI is InChI=1S/C25H34N4O4/c1-28(2)23(31)18-14-9-15-19(22(18)30)27-21-20(26-16-10-5-3-6-11-16)24(32)29(25(21)33)17-12-7-4-8-13-17/h9,14-17,26-27,30H,3-8,10-13H2,1-2H3. The molecule has 3 amide bonds. The summed E-state index contributed by atoms with van der Waals surface area (Å²) in [5, 5.41) is 17.2. The molecule has 8 heteroatoms. The van der Waals surface area contributed by atoms with Gasteiger partial charge in [0.2, 0.25) is 0 Å². The first-order chi connectivity index (χ1) is 15.9. The van der Waals surface area contributed by atoms with Crippen molar-refractivity contribution in [1.29, 1.82) is 0 Å². The van der Waals surface area contributed by atoms with Crippen molar-refractivity contribution in [2.24, 2.45) is 0 Å². The van der Waals surface area contributed by atoms with Gasteiger partial charge in [-0.1, -0.05) is 44.6 Å². The fourth-order valence-corrected chi connectivity index (χ4v) is 5.11. The monoisotopic (exact) mass is 454 g/mol. The summed E-state index contributed by atoms with van der Waals surface area (Å²) >= 11 is 0. The molecule has 0 bridgehead atoms. The fourth-order valence-electron chi connectivity index (χ4n) is 5.11. The lowest BCUT2D eigenvalue weighted by Gasteiger charge is -2.30. The lowest BCUT2D eigenvalue weighted by Crippen LogP contribution is -2.44. The summed E-state index contributed by atoms with van der Waals surface area (Å²) in [6.07, 6.45) is 10.1. The van der Waals surface area contributed by atoms with Crippen LogP contribution >= 0.6 is 0 Å². The number of rotatable bonds is 6. The van der Waals surface area contributed by atoms with Crippen molar-refractivity contribution >= 4 is 23.4 Å². The molecule has 1 aromatic carbocycles. The molecule has 3 N–H and O–H groups in total. The van der Waals surface area contributed by atoms with E-state index in [1.807, 2.05) is 0 Å². The van der Waals surface area contributed by atoms with E-state index in [0.29, 0.717) is 0 Å². The molecule has 0 saturated heterocycles. The molecule has 0 aromatic heterocycles. The zero-order chi connectivity index (χ0) is 23.5. The summed E-state index contributed by atoms with van der Waals surface area (Å²) < 4.78 is 0. The highest BCUT2D eigenvalue weighted by Gasteiger charge is 2.43. The topological polar surface area (TPSA) is 102 Å². The predicted molar refractivity (Wildman–Crippen MR) is 126 cm³/mol. The van der Waals surface area contributed by atoms with Crippen molar-refractivity contribution < 1.29 is 19.5 Å². The van der Waals surface area contributed by atoms with E-state index < -0.39 is 0 Å². The Morgan fingerprint density at radius 3 is 2.18 bits per heavy atom. The second kappa shape index (κ2) is 9.85. The average molecular weight is 455 g/mol. The number of carbonyl (C=O) groups is 3. The maximum Gasteiger partial charge on any atom is 0.279 e. The number of aromatic hydroxyl groups is 1. The molecule has 3 aliphatic rings. The van der Waals surface area contributed by atoms with Crippen LogP contribution in [-0.4, -0.2) is 58.8 Å². The molecule has 1 aromatic rings. The molecular weight excluding hydrogens is 420 g/mol. The number of anilines is 1. The highest BCUT2D eigenvalue weighted by molar-refractivity contribution is 6.20. The zero-order valence-corrected chi connectivity index (χ0v) is 19.5. The first kappa shape index (κ1) is 23.1. The number of hydrogen-bond donors (Lipinski definition) is 3. The number of amides is 3. The van der Waals surface area contributed by atoms with Gasteiger partial charge in [0.05, 0.1) is 11.3 Å². The van der Waals surface area contributed by atoms with Crippen LogP contribution in [0.25, 0.3) is 0 Å². The van der Waals surface area contributed by atoms with Crippen LogP contribution in [0.5, 0.6) is 5.75 Å². The smallest absolute Gasteiger partial charge is 0.279 e. The third kappa shape index (κ3) is 4.70. The molecule has 2 saturated carbocycles. The molecular formula is C25H34N4O4. The summed E-state index contributed by atoms with van der Waals surface area (Å²) in [6.45, 7) is 0. The predicted octanol–water partition coefficient (Wildman–Crippen LogP) is 3.34. The molecule has 1 heterocycles. The largest absolute Gasteiger partial charge is 0.505 e. The van der Waals surface area contributed by atoms with Gasteiger partial charge in [-0.15, -0.1) is 0 Å². The second-order valence-electron chi connectivity index (χ2n) is 9.53. The van der Waals surface area contributed by atoms with E-state index in [4.69, 9.17) is 0 Å². The van der Waals surface area contributed by atoms with Crippen molar-refractivity contribution in [1.82, 2.24) is 15.1 Å². The molecule has 1 aliphatic heterocycles. The van der Waals surface area contributed by atoms with Crippen LogP contribution in [0.3, 0.4) is 0 Å². The molecule has 0 radical (unpaired) electrons. The second-order valence-corrected chi connectivity index (χ2v) is 9.53. The molecule has 2 aliphatic carbocycles. The van der Waals surface area contributed by atoms with Crippen LogP contribution < -0.4 is 10.6 Å². The van der Waals surface area contributed by atoms with Gasteiger partial charge in [0.15, 0.2) is 5.75 Å². The van der Waals surface area contributed by atoms with Crippen molar-refractivity contribution in [2.75, 3.05) is 19.4 Å². The zero-order valence-electron chi connectivity index (χ0n) is 19.5. The number of carbonyl (C=O) groups excluding carboxylic acids is 3. The van der Waals surface area contributed by atoms with Crippen molar-refractivity contribution in [3.63, 3.8) is 0 Å². The van der Waals surface area contributed by atoms with Crippen LogP contribution in [0.15, 0.2) is 29.6 Å². The average Bonchev–Trinajstić information content (AvgIpc) is 3.05. The molecule has 33 heavy (non-hydrogen) atoms. The number of nitrogens with one attached hydrogen (secondary N) is 2. The number of nitrogens with zero attached hydrogens (tertiary/aromatic N) is 2. The molecule has 0 spiro atoms. The van der Waals surface area contributed by atoms with Gasteiger partial charge in [-0.05, 0) is 37.8 Å². The molecule has 178 valence electrons. The van der Waals surface area contributed by atoms with E-state index in [0.717, 1.165) is 57.8 Å². The van der Waals surface area contributed by atoms with E-state index in [1.165, 1.54) is 22.3 Å². The van der Waals surface area contributed by atoms with Gasteiger partial charge >= 0.3 is 0 Å². The van der Waals surface area contributed by atoms with E-state index in [1.54, 1.807) is 26.2 Å². The van der Waals surface area contributed by atoms with Crippen LogP contribution in [0, 0.1) is 0 Å². The molecule has 8 nitrogen and oxygen atoms in total. The van der Waals surface area contributed by atoms with Gasteiger partial charge in [-0.3, -0.25) is 19.3 Å². The minimum absolute atomic E-state index is 0.101. The van der Waals surface area contributed by atoms with Crippen LogP contribution in [0.1, 0.15) is 74.6 Å². The Balaban J connectivity index is 1.67. The van der Waals surface area contributed by atoms with E-state index in [9.17, 15) is 19.5 Å². The van der Waals surface area contributed by atoms with Gasteiger partial charge in [-0.2, -0.15) is 0 Å². The molecule has 0 atom stereocenters. The molecule has 0 unspecified atom stereocenters. The highest BCUT2D eigenvalue weighted by Crippen LogP contribution is 2.34. The van der Waals surface area contributed by atoms with Gasteiger partial charge in [0.1, 0.15) is 11.4 Å². The minimum atomic E-state index is -0.367. The SMILES string of the molecule is CN(C)C(=O)c1cccc(NC2=C(NC3CCCCC3)C(=O)N(C3CCCCC3)C2=O)c1O. The minimum Gasteiger partial charge on any atom is -0.505 e. The number of imide groups is 1. The summed E-state index contributed by atoms with van der Waals surface area (Å²) in [4.78, 5) is 42.2. The maximum absolute atomic E-state index is 13.5. The Hall–Kier alpha value is -3.03. The Bertz CT molecular complexity index is 959. The van der Waals surface area contributed by atoms with Crippen molar-refractivity contribution in [2.45, 2.75) is 76.3 Å². The van der Waals surface area contributed by atoms with Gasteiger partial charge in [-0.25, -0.2) is 0 Å². The first-order valence-electron chi connectivity index (χ1n) is 12.1. The quantitative estimate of drug-likeness (QED) is 0.450. The Kier molecular flexibility index (Phi) is 6.91. The van der Waals surface area contributed by atoms with Gasteiger partial charge in [0.25, 0.3) is 17.7 Å². The normalized spacial score (nSPS) is 20.4. The number of phenols is 1. The third-order valence-corrected chi connectivity index (χ3v) is 6.94. The number of para-hydroxylation sites is 1. The lowest BCUT2D eigenvalue weighted by atomic mass is 9.94. The highest BCUT2D eigenvalue weighted by atomic mass is 16.3. The molecule has 2 fully saturated rings. The first-order valence-corrected chi connectivity index (χ1v) is 12.1. The number of benzene rings is 1. The van der Waals surface area contributed by atoms with Gasteiger partial charge in [0, 0.05) is 26.2 Å². The number of phenolic OH excluding ortho intramolecular Hbond substituents is 1. The van der Waals surface area contributed by atoms with Crippen LogP contribution in [0.2, 0.25) is 0 Å². The Labute approximate surface area is 195 Å². The van der Waals surface area contributed by atoms with E-state index >= 15 is 0 Å². The van der Waals surface area contributed by atoms with Crippen molar-refractivity contribution in [3.8, 4) is 5.75 Å². The maximum atomic E-state index is 13.5. The lowest BCUT2D eigenvalue weighted by molar-refractivity contribution is -0.141. The van der Waals surface area contributed by atoms with Crippen LogP contribution in [-0.2, 0) is 9.59 Å². The summed E-state index contributed by atoms with van der Waals surface area (Å²) in [5.74, 6) is -1.24. The summed E-state index contributed by atoms with van der Waals surface area (Å²) in [7, 11) is 3.22.